The Bertz CT molecular complexity index is 688. The van der Waals surface area contributed by atoms with E-state index in [2.05, 4.69) is 31.0 Å². The zero-order chi connectivity index (χ0) is 14.2. The van der Waals surface area contributed by atoms with E-state index >= 15 is 0 Å². The van der Waals surface area contributed by atoms with Crippen molar-refractivity contribution in [3.8, 4) is 5.82 Å². The molecule has 0 unspecified atom stereocenters. The van der Waals surface area contributed by atoms with Gasteiger partial charge in [-0.3, -0.25) is 0 Å². The van der Waals surface area contributed by atoms with Crippen molar-refractivity contribution in [2.24, 2.45) is 0 Å². The molecule has 0 saturated heterocycles. The quantitative estimate of drug-likeness (QED) is 0.661. The zero-order valence-corrected chi connectivity index (χ0v) is 11.2. The molecular formula is C8H3BrClN5O4. The highest BCUT2D eigenvalue weighted by Gasteiger charge is 2.22. The van der Waals surface area contributed by atoms with E-state index in [0.717, 1.165) is 16.9 Å². The van der Waals surface area contributed by atoms with E-state index in [4.69, 9.17) is 16.7 Å². The third kappa shape index (κ3) is 2.53. The largest absolute Gasteiger partial charge is 0.492 e. The second-order valence-corrected chi connectivity index (χ2v) is 4.29. The Morgan fingerprint density at radius 2 is 2.26 bits per heavy atom. The van der Waals surface area contributed by atoms with E-state index in [1.54, 1.807) is 0 Å². The van der Waals surface area contributed by atoms with Crippen LogP contribution >= 0.6 is 27.5 Å². The SMILES string of the molecule is O=C(O)c1cc(-n2nc([N+](=O)[O-])nc2Br)ncc1Cl. The Kier molecular flexibility index (Phi) is 3.44. The van der Waals surface area contributed by atoms with E-state index in [1.165, 1.54) is 0 Å². The van der Waals surface area contributed by atoms with Crippen LogP contribution in [0.25, 0.3) is 5.82 Å². The number of rotatable bonds is 3. The second-order valence-electron chi connectivity index (χ2n) is 3.18. The lowest BCUT2D eigenvalue weighted by atomic mass is 10.2. The van der Waals surface area contributed by atoms with Crippen molar-refractivity contribution in [1.29, 1.82) is 0 Å². The van der Waals surface area contributed by atoms with Gasteiger partial charge in [0.2, 0.25) is 0 Å². The fraction of sp³-hybridized carbons (Fsp3) is 0. The number of nitro groups is 1. The second kappa shape index (κ2) is 4.90. The molecule has 9 nitrogen and oxygen atoms in total. The Labute approximate surface area is 118 Å². The number of aromatic carboxylic acids is 1. The Balaban J connectivity index is 2.56. The van der Waals surface area contributed by atoms with Gasteiger partial charge in [0.1, 0.15) is 0 Å². The number of carboxylic acid groups (broad SMARTS) is 1. The number of halogens is 2. The summed E-state index contributed by atoms with van der Waals surface area (Å²) in [6.07, 6.45) is 1.11. The Morgan fingerprint density at radius 3 is 2.79 bits per heavy atom. The molecule has 0 aliphatic carbocycles. The first kappa shape index (κ1) is 13.4. The molecule has 2 rings (SSSR count). The average Bonchev–Trinajstić information content (AvgIpc) is 2.72. The maximum absolute atomic E-state index is 10.9. The number of hydrogen-bond acceptors (Lipinski definition) is 6. The molecule has 98 valence electrons. The molecule has 0 radical (unpaired) electrons. The highest BCUT2D eigenvalue weighted by Crippen LogP contribution is 2.21. The Morgan fingerprint density at radius 1 is 1.58 bits per heavy atom. The summed E-state index contributed by atoms with van der Waals surface area (Å²) in [5.41, 5.74) is -0.197. The fourth-order valence-corrected chi connectivity index (χ4v) is 1.82. The van der Waals surface area contributed by atoms with Crippen molar-refractivity contribution >= 4 is 39.4 Å². The summed E-state index contributed by atoms with van der Waals surface area (Å²) < 4.78 is 1.01. The molecule has 0 fully saturated rings. The summed E-state index contributed by atoms with van der Waals surface area (Å²) in [6.45, 7) is 0. The number of aromatic nitrogens is 4. The summed E-state index contributed by atoms with van der Waals surface area (Å²) >= 11 is 8.63. The third-order valence-corrected chi connectivity index (χ3v) is 2.82. The number of hydrogen-bond donors (Lipinski definition) is 1. The van der Waals surface area contributed by atoms with Crippen molar-refractivity contribution in [2.45, 2.75) is 0 Å². The van der Waals surface area contributed by atoms with Gasteiger partial charge in [0, 0.05) is 33.3 Å². The van der Waals surface area contributed by atoms with E-state index in [9.17, 15) is 14.9 Å². The van der Waals surface area contributed by atoms with Crippen LogP contribution in [0.3, 0.4) is 0 Å². The summed E-state index contributed by atoms with van der Waals surface area (Å²) in [5, 5.41) is 23.0. The van der Waals surface area contributed by atoms with Crippen LogP contribution in [0.2, 0.25) is 5.02 Å². The minimum absolute atomic E-state index is 0.0189. The van der Waals surface area contributed by atoms with Crippen molar-refractivity contribution in [1.82, 2.24) is 19.7 Å². The zero-order valence-electron chi connectivity index (χ0n) is 8.82. The first-order valence-electron chi connectivity index (χ1n) is 4.56. The topological polar surface area (TPSA) is 124 Å². The smallest absolute Gasteiger partial charge is 0.478 e. The molecule has 0 spiro atoms. The molecule has 0 aliphatic heterocycles. The molecule has 11 heteroatoms. The lowest BCUT2D eigenvalue weighted by molar-refractivity contribution is -0.394. The lowest BCUT2D eigenvalue weighted by Crippen LogP contribution is -2.05. The number of pyridine rings is 1. The van der Waals surface area contributed by atoms with Crippen molar-refractivity contribution in [2.75, 3.05) is 0 Å². The van der Waals surface area contributed by atoms with Crippen molar-refractivity contribution in [3.63, 3.8) is 0 Å². The summed E-state index contributed by atoms with van der Waals surface area (Å²) in [5.74, 6) is -1.85. The van der Waals surface area contributed by atoms with Gasteiger partial charge in [-0.15, -0.1) is 4.68 Å². The van der Waals surface area contributed by atoms with Gasteiger partial charge in [-0.25, -0.2) is 9.78 Å². The molecule has 19 heavy (non-hydrogen) atoms. The highest BCUT2D eigenvalue weighted by atomic mass is 79.9. The molecule has 1 N–H and O–H groups in total. The van der Waals surface area contributed by atoms with Crippen LogP contribution in [0.4, 0.5) is 5.95 Å². The van der Waals surface area contributed by atoms with Gasteiger partial charge in [0.05, 0.1) is 10.6 Å². The van der Waals surface area contributed by atoms with Crippen molar-refractivity contribution < 1.29 is 14.8 Å². The Hall–Kier alpha value is -2.07. The predicted molar refractivity (Wildman–Crippen MR) is 65.5 cm³/mol. The normalized spacial score (nSPS) is 10.4. The van der Waals surface area contributed by atoms with Crippen LogP contribution < -0.4 is 0 Å². The number of carboxylic acids is 1. The van der Waals surface area contributed by atoms with E-state index < -0.39 is 16.8 Å². The van der Waals surface area contributed by atoms with Gasteiger partial charge in [-0.1, -0.05) is 11.6 Å². The molecule has 0 atom stereocenters. The standard InChI is InChI=1S/C8H3BrClN5O4/c9-7-12-8(15(18)19)13-14(7)5-1-3(6(16)17)4(10)2-11-5/h1-2H,(H,16,17). The van der Waals surface area contributed by atoms with Gasteiger partial charge >= 0.3 is 11.9 Å². The average molecular weight is 348 g/mol. The van der Waals surface area contributed by atoms with Crippen LogP contribution in [0.15, 0.2) is 17.0 Å². The molecule has 0 aliphatic rings. The van der Waals surface area contributed by atoms with Crippen LogP contribution in [-0.2, 0) is 0 Å². The van der Waals surface area contributed by atoms with Crippen LogP contribution in [0, 0.1) is 10.1 Å². The van der Waals surface area contributed by atoms with Gasteiger partial charge in [0.25, 0.3) is 4.73 Å². The number of carbonyl (C=O) groups is 1. The first-order valence-corrected chi connectivity index (χ1v) is 5.73. The molecule has 0 saturated carbocycles. The summed E-state index contributed by atoms with van der Waals surface area (Å²) in [6, 6.07) is 1.13. The maximum Gasteiger partial charge on any atom is 0.492 e. The molecule has 2 heterocycles. The minimum atomic E-state index is -1.25. The van der Waals surface area contributed by atoms with Crippen LogP contribution in [0.5, 0.6) is 0 Å². The van der Waals surface area contributed by atoms with Gasteiger partial charge < -0.3 is 15.2 Å². The molecular weight excluding hydrogens is 345 g/mol. The lowest BCUT2D eigenvalue weighted by Gasteiger charge is -2.01. The number of nitrogens with zero attached hydrogens (tertiary/aromatic N) is 5. The fourth-order valence-electron chi connectivity index (χ4n) is 1.21. The predicted octanol–water partition coefficient (Wildman–Crippen LogP) is 1.68. The molecule has 2 aromatic heterocycles. The maximum atomic E-state index is 10.9. The highest BCUT2D eigenvalue weighted by molar-refractivity contribution is 9.10. The summed E-state index contributed by atoms with van der Waals surface area (Å²) in [7, 11) is 0. The van der Waals surface area contributed by atoms with Gasteiger partial charge in [-0.05, 0) is 9.91 Å². The van der Waals surface area contributed by atoms with Crippen LogP contribution in [-0.4, -0.2) is 35.7 Å². The van der Waals surface area contributed by atoms with Crippen LogP contribution in [0.1, 0.15) is 10.4 Å². The van der Waals surface area contributed by atoms with E-state index in [1.807, 2.05) is 0 Å². The molecule has 0 amide bonds. The van der Waals surface area contributed by atoms with E-state index in [0.29, 0.717) is 0 Å². The summed E-state index contributed by atoms with van der Waals surface area (Å²) in [4.78, 5) is 28.1. The third-order valence-electron chi connectivity index (χ3n) is 2.01. The minimum Gasteiger partial charge on any atom is -0.478 e. The van der Waals surface area contributed by atoms with E-state index in [-0.39, 0.29) is 21.1 Å². The molecule has 2 aromatic rings. The molecule has 0 aromatic carbocycles. The monoisotopic (exact) mass is 347 g/mol. The first-order chi connectivity index (χ1) is 8.90. The molecule has 0 bridgehead atoms. The van der Waals surface area contributed by atoms with Crippen molar-refractivity contribution in [3.05, 3.63) is 37.7 Å². The van der Waals surface area contributed by atoms with Gasteiger partial charge in [0.15, 0.2) is 5.82 Å². The van der Waals surface area contributed by atoms with Gasteiger partial charge in [-0.2, -0.15) is 0 Å².